The molecule has 3 rings (SSSR count). The van der Waals surface area contributed by atoms with E-state index in [1.54, 1.807) is 17.5 Å². The number of hydrogen-bond donors (Lipinski definition) is 1. The summed E-state index contributed by atoms with van der Waals surface area (Å²) in [5.41, 5.74) is 0.923. The molecule has 1 aromatic heterocycles. The first kappa shape index (κ1) is 24.5. The normalized spacial score (nSPS) is 13.5. The van der Waals surface area contributed by atoms with Crippen LogP contribution >= 0.6 is 34.5 Å². The Hall–Kier alpha value is -2.16. The fourth-order valence-corrected chi connectivity index (χ4v) is 4.72. The quantitative estimate of drug-likeness (QED) is 0.588. The Morgan fingerprint density at radius 2 is 1.94 bits per heavy atom. The lowest BCUT2D eigenvalue weighted by Crippen LogP contribution is -2.40. The average molecular weight is 497 g/mol. The van der Waals surface area contributed by atoms with E-state index in [1.165, 1.54) is 22.3 Å². The van der Waals surface area contributed by atoms with Crippen LogP contribution < -0.4 is 5.32 Å². The van der Waals surface area contributed by atoms with Gasteiger partial charge in [0.05, 0.1) is 22.7 Å². The first-order valence-electron chi connectivity index (χ1n) is 10.5. The SMILES string of the molecule is CC(C)CN(CC(=O)Nc1nc(CC(=O)N2CCCC2)cs1)C(=O)c1ccc(Cl)cc1Cl. The molecular formula is C22H26Cl2N4O3S. The van der Waals surface area contributed by atoms with Crippen LogP contribution in [0.15, 0.2) is 23.6 Å². The van der Waals surface area contributed by atoms with Crippen molar-refractivity contribution in [2.45, 2.75) is 33.1 Å². The Labute approximate surface area is 201 Å². The highest BCUT2D eigenvalue weighted by atomic mass is 35.5. The number of likely N-dealkylation sites (tertiary alicyclic amines) is 1. The minimum atomic E-state index is -0.365. The van der Waals surface area contributed by atoms with Gasteiger partial charge in [0.1, 0.15) is 6.54 Å². The summed E-state index contributed by atoms with van der Waals surface area (Å²) in [5.74, 6) is -0.498. The van der Waals surface area contributed by atoms with Gasteiger partial charge in [-0.15, -0.1) is 11.3 Å². The first-order valence-corrected chi connectivity index (χ1v) is 12.1. The van der Waals surface area contributed by atoms with E-state index < -0.39 is 0 Å². The van der Waals surface area contributed by atoms with Crippen molar-refractivity contribution >= 4 is 57.4 Å². The zero-order chi connectivity index (χ0) is 23.3. The molecule has 1 aromatic carbocycles. The summed E-state index contributed by atoms with van der Waals surface area (Å²) < 4.78 is 0. The number of amides is 3. The van der Waals surface area contributed by atoms with E-state index in [4.69, 9.17) is 23.2 Å². The zero-order valence-electron chi connectivity index (χ0n) is 18.1. The molecule has 32 heavy (non-hydrogen) atoms. The molecule has 3 amide bonds. The van der Waals surface area contributed by atoms with Crippen LogP contribution in [0.4, 0.5) is 5.13 Å². The molecule has 0 spiro atoms. The van der Waals surface area contributed by atoms with Gasteiger partial charge in [0.2, 0.25) is 11.8 Å². The zero-order valence-corrected chi connectivity index (χ0v) is 20.4. The summed E-state index contributed by atoms with van der Waals surface area (Å²) in [6.07, 6.45) is 2.30. The van der Waals surface area contributed by atoms with Crippen molar-refractivity contribution in [3.8, 4) is 0 Å². The number of hydrogen-bond acceptors (Lipinski definition) is 5. The van der Waals surface area contributed by atoms with Crippen LogP contribution in [0.2, 0.25) is 10.0 Å². The van der Waals surface area contributed by atoms with E-state index in [1.807, 2.05) is 18.7 Å². The van der Waals surface area contributed by atoms with Crippen LogP contribution in [-0.2, 0) is 16.0 Å². The lowest BCUT2D eigenvalue weighted by molar-refractivity contribution is -0.129. The average Bonchev–Trinajstić information content (AvgIpc) is 3.39. The number of benzene rings is 1. The maximum absolute atomic E-state index is 13.0. The summed E-state index contributed by atoms with van der Waals surface area (Å²) in [6, 6.07) is 4.65. The fraction of sp³-hybridized carbons (Fsp3) is 0.455. The van der Waals surface area contributed by atoms with Crippen molar-refractivity contribution in [2.75, 3.05) is 31.5 Å². The molecule has 0 aliphatic carbocycles. The molecule has 0 saturated carbocycles. The monoisotopic (exact) mass is 496 g/mol. The van der Waals surface area contributed by atoms with Gasteiger partial charge in [-0.05, 0) is 37.0 Å². The third kappa shape index (κ3) is 6.67. The lowest BCUT2D eigenvalue weighted by Gasteiger charge is -2.24. The molecule has 2 heterocycles. The molecule has 0 radical (unpaired) electrons. The summed E-state index contributed by atoms with van der Waals surface area (Å²) in [7, 11) is 0. The summed E-state index contributed by atoms with van der Waals surface area (Å²) >= 11 is 13.4. The molecule has 0 atom stereocenters. The lowest BCUT2D eigenvalue weighted by atomic mass is 10.1. The molecule has 1 N–H and O–H groups in total. The predicted molar refractivity (Wildman–Crippen MR) is 127 cm³/mol. The van der Waals surface area contributed by atoms with E-state index in [9.17, 15) is 14.4 Å². The number of carbonyl (C=O) groups excluding carboxylic acids is 3. The van der Waals surface area contributed by atoms with Crippen LogP contribution in [0.5, 0.6) is 0 Å². The Bertz CT molecular complexity index is 989. The standard InChI is InChI=1S/C22H26Cl2N4O3S/c1-14(2)11-28(21(31)17-6-5-15(23)9-18(17)24)12-19(29)26-22-25-16(13-32-22)10-20(30)27-7-3-4-8-27/h5-6,9,13-14H,3-4,7-8,10-12H2,1-2H3,(H,25,26,29). The van der Waals surface area contributed by atoms with Crippen molar-refractivity contribution in [2.24, 2.45) is 5.92 Å². The topological polar surface area (TPSA) is 82.6 Å². The van der Waals surface area contributed by atoms with Gasteiger partial charge in [0, 0.05) is 30.0 Å². The molecule has 0 unspecified atom stereocenters. The van der Waals surface area contributed by atoms with Gasteiger partial charge in [0.25, 0.3) is 5.91 Å². The summed E-state index contributed by atoms with van der Waals surface area (Å²) in [6.45, 7) is 5.77. The van der Waals surface area contributed by atoms with Gasteiger partial charge < -0.3 is 15.1 Å². The van der Waals surface area contributed by atoms with Gasteiger partial charge in [-0.25, -0.2) is 4.98 Å². The molecular weight excluding hydrogens is 471 g/mol. The molecule has 0 bridgehead atoms. The van der Waals surface area contributed by atoms with E-state index in [2.05, 4.69) is 10.3 Å². The molecule has 7 nitrogen and oxygen atoms in total. The van der Waals surface area contributed by atoms with Gasteiger partial charge in [-0.1, -0.05) is 37.0 Å². The smallest absolute Gasteiger partial charge is 0.255 e. The van der Waals surface area contributed by atoms with Gasteiger partial charge in [0.15, 0.2) is 5.13 Å². The molecule has 1 aliphatic rings. The number of carbonyl (C=O) groups is 3. The van der Waals surface area contributed by atoms with E-state index in [-0.39, 0.29) is 41.6 Å². The molecule has 1 aliphatic heterocycles. The van der Waals surface area contributed by atoms with Crippen LogP contribution in [0, 0.1) is 5.92 Å². The summed E-state index contributed by atoms with van der Waals surface area (Å²) in [5, 5.41) is 5.58. The van der Waals surface area contributed by atoms with Crippen molar-refractivity contribution in [1.29, 1.82) is 0 Å². The molecule has 2 aromatic rings. The summed E-state index contributed by atoms with van der Waals surface area (Å²) in [4.78, 5) is 45.6. The van der Waals surface area contributed by atoms with E-state index in [0.717, 1.165) is 25.9 Å². The number of nitrogens with one attached hydrogen (secondary N) is 1. The Kier molecular flexibility index (Phi) is 8.51. The van der Waals surface area contributed by atoms with Crippen molar-refractivity contribution < 1.29 is 14.4 Å². The van der Waals surface area contributed by atoms with Crippen LogP contribution in [0.3, 0.4) is 0 Å². The molecule has 172 valence electrons. The van der Waals surface area contributed by atoms with Crippen LogP contribution in [0.1, 0.15) is 42.7 Å². The van der Waals surface area contributed by atoms with Gasteiger partial charge in [-0.2, -0.15) is 0 Å². The number of thiazole rings is 1. The highest BCUT2D eigenvalue weighted by Gasteiger charge is 2.23. The second-order valence-electron chi connectivity index (χ2n) is 8.16. The molecule has 10 heteroatoms. The number of nitrogens with zero attached hydrogens (tertiary/aromatic N) is 3. The Balaban J connectivity index is 1.62. The van der Waals surface area contributed by atoms with E-state index >= 15 is 0 Å². The van der Waals surface area contributed by atoms with Crippen molar-refractivity contribution in [3.05, 3.63) is 44.9 Å². The minimum absolute atomic E-state index is 0.0548. The Morgan fingerprint density at radius 1 is 1.22 bits per heavy atom. The number of halogens is 2. The van der Waals surface area contributed by atoms with Crippen molar-refractivity contribution in [1.82, 2.24) is 14.8 Å². The third-order valence-corrected chi connectivity index (χ3v) is 6.31. The highest BCUT2D eigenvalue weighted by Crippen LogP contribution is 2.23. The minimum Gasteiger partial charge on any atom is -0.342 e. The van der Waals surface area contributed by atoms with Crippen LogP contribution in [-0.4, -0.2) is 58.7 Å². The number of anilines is 1. The largest absolute Gasteiger partial charge is 0.342 e. The number of aromatic nitrogens is 1. The fourth-order valence-electron chi connectivity index (χ4n) is 3.50. The molecule has 1 saturated heterocycles. The maximum atomic E-state index is 13.0. The third-order valence-electron chi connectivity index (χ3n) is 4.96. The second kappa shape index (κ2) is 11.1. The predicted octanol–water partition coefficient (Wildman–Crippen LogP) is 4.35. The highest BCUT2D eigenvalue weighted by molar-refractivity contribution is 7.13. The van der Waals surface area contributed by atoms with Gasteiger partial charge in [-0.3, -0.25) is 14.4 Å². The van der Waals surface area contributed by atoms with Crippen molar-refractivity contribution in [3.63, 3.8) is 0 Å². The van der Waals surface area contributed by atoms with Gasteiger partial charge >= 0.3 is 0 Å². The molecule has 1 fully saturated rings. The number of rotatable bonds is 8. The van der Waals surface area contributed by atoms with E-state index in [0.29, 0.717) is 28.0 Å². The maximum Gasteiger partial charge on any atom is 0.255 e. The second-order valence-corrected chi connectivity index (χ2v) is 9.86. The first-order chi connectivity index (χ1) is 15.2. The Morgan fingerprint density at radius 3 is 2.59 bits per heavy atom. The van der Waals surface area contributed by atoms with Crippen LogP contribution in [0.25, 0.3) is 0 Å².